The van der Waals surface area contributed by atoms with Crippen LogP contribution in [0.2, 0.25) is 0 Å². The van der Waals surface area contributed by atoms with Crippen LogP contribution in [0.3, 0.4) is 0 Å². The maximum Gasteiger partial charge on any atom is 0.259 e. The summed E-state index contributed by atoms with van der Waals surface area (Å²) in [5, 5.41) is 17.5. The third kappa shape index (κ3) is 2.88. The van der Waals surface area contributed by atoms with E-state index in [4.69, 9.17) is 0 Å². The van der Waals surface area contributed by atoms with Gasteiger partial charge in [-0.3, -0.25) is 9.89 Å². The Kier molecular flexibility index (Phi) is 3.95. The molecule has 3 aromatic rings. The normalized spacial score (nSPS) is 10.6. The summed E-state index contributed by atoms with van der Waals surface area (Å²) in [6.45, 7) is 2.09. The standard InChI is InChI=1S/C15H16N6O/c1-2-5-11-10-14(19-18-11)17-15(22)12-6-3-4-7-13(12)21-9-8-16-20-21/h3-4,6-10H,2,5H2,1H3,(H2,17,18,19,22). The van der Waals surface area contributed by atoms with Gasteiger partial charge in [-0.25, -0.2) is 4.68 Å². The molecule has 0 saturated carbocycles. The number of H-pyrrole nitrogens is 1. The molecule has 0 unspecified atom stereocenters. The van der Waals surface area contributed by atoms with Gasteiger partial charge in [0.2, 0.25) is 0 Å². The first kappa shape index (κ1) is 14.0. The van der Waals surface area contributed by atoms with Crippen molar-refractivity contribution in [3.8, 4) is 5.69 Å². The zero-order valence-corrected chi connectivity index (χ0v) is 12.2. The first-order chi connectivity index (χ1) is 10.8. The Balaban J connectivity index is 1.83. The van der Waals surface area contributed by atoms with Crippen molar-refractivity contribution in [3.63, 3.8) is 0 Å². The average molecular weight is 296 g/mol. The molecular weight excluding hydrogens is 280 g/mol. The predicted octanol–water partition coefficient (Wildman–Crippen LogP) is 2.20. The number of aromatic nitrogens is 5. The van der Waals surface area contributed by atoms with E-state index in [0.29, 0.717) is 17.1 Å². The molecule has 3 rings (SSSR count). The Hall–Kier alpha value is -2.96. The Morgan fingerprint density at radius 3 is 3.00 bits per heavy atom. The van der Waals surface area contributed by atoms with E-state index in [1.807, 2.05) is 24.3 Å². The van der Waals surface area contributed by atoms with Gasteiger partial charge in [-0.15, -0.1) is 5.10 Å². The van der Waals surface area contributed by atoms with Gasteiger partial charge in [-0.05, 0) is 18.6 Å². The smallest absolute Gasteiger partial charge is 0.259 e. The van der Waals surface area contributed by atoms with Gasteiger partial charge in [0.15, 0.2) is 5.82 Å². The van der Waals surface area contributed by atoms with E-state index in [1.54, 1.807) is 23.1 Å². The summed E-state index contributed by atoms with van der Waals surface area (Å²) in [5.74, 6) is 0.280. The second kappa shape index (κ2) is 6.21. The highest BCUT2D eigenvalue weighted by atomic mass is 16.1. The summed E-state index contributed by atoms with van der Waals surface area (Å²) < 4.78 is 1.56. The number of benzene rings is 1. The topological polar surface area (TPSA) is 88.5 Å². The molecule has 7 nitrogen and oxygen atoms in total. The van der Waals surface area contributed by atoms with Gasteiger partial charge in [-0.1, -0.05) is 30.7 Å². The molecule has 2 aromatic heterocycles. The summed E-state index contributed by atoms with van der Waals surface area (Å²) in [6, 6.07) is 9.06. The maximum atomic E-state index is 12.5. The van der Waals surface area contributed by atoms with E-state index >= 15 is 0 Å². The number of aryl methyl sites for hydroxylation is 1. The van der Waals surface area contributed by atoms with Crippen molar-refractivity contribution in [1.82, 2.24) is 25.2 Å². The molecule has 1 amide bonds. The molecule has 0 atom stereocenters. The molecule has 0 aliphatic heterocycles. The fourth-order valence-corrected chi connectivity index (χ4v) is 2.21. The van der Waals surface area contributed by atoms with Crippen LogP contribution in [-0.4, -0.2) is 31.1 Å². The number of hydrogen-bond donors (Lipinski definition) is 2. The average Bonchev–Trinajstić information content (AvgIpc) is 3.19. The number of amides is 1. The zero-order valence-electron chi connectivity index (χ0n) is 12.2. The number of anilines is 1. The minimum atomic E-state index is -0.236. The summed E-state index contributed by atoms with van der Waals surface area (Å²) in [7, 11) is 0. The van der Waals surface area contributed by atoms with E-state index in [2.05, 4.69) is 32.7 Å². The van der Waals surface area contributed by atoms with E-state index in [1.165, 1.54) is 0 Å². The lowest BCUT2D eigenvalue weighted by Crippen LogP contribution is -2.15. The zero-order chi connectivity index (χ0) is 15.4. The largest absolute Gasteiger partial charge is 0.305 e. The first-order valence-corrected chi connectivity index (χ1v) is 7.09. The number of carbonyl (C=O) groups excluding carboxylic acids is 1. The number of aromatic amines is 1. The van der Waals surface area contributed by atoms with E-state index in [-0.39, 0.29) is 5.91 Å². The molecule has 0 radical (unpaired) electrons. The van der Waals surface area contributed by atoms with Crippen LogP contribution in [0.4, 0.5) is 5.82 Å². The second-order valence-corrected chi connectivity index (χ2v) is 4.85. The van der Waals surface area contributed by atoms with E-state index in [0.717, 1.165) is 18.5 Å². The molecule has 7 heteroatoms. The van der Waals surface area contributed by atoms with Crippen LogP contribution in [0, 0.1) is 0 Å². The number of nitrogens with zero attached hydrogens (tertiary/aromatic N) is 4. The van der Waals surface area contributed by atoms with E-state index in [9.17, 15) is 4.79 Å². The third-order valence-electron chi connectivity index (χ3n) is 3.21. The molecule has 2 heterocycles. The number of rotatable bonds is 5. The number of nitrogens with one attached hydrogen (secondary N) is 2. The maximum absolute atomic E-state index is 12.5. The predicted molar refractivity (Wildman–Crippen MR) is 81.9 cm³/mol. The van der Waals surface area contributed by atoms with Crippen molar-refractivity contribution < 1.29 is 4.79 Å². The van der Waals surface area contributed by atoms with Crippen LogP contribution in [-0.2, 0) is 6.42 Å². The summed E-state index contributed by atoms with van der Waals surface area (Å²) in [4.78, 5) is 12.5. The van der Waals surface area contributed by atoms with E-state index < -0.39 is 0 Å². The molecule has 1 aromatic carbocycles. The summed E-state index contributed by atoms with van der Waals surface area (Å²) in [6.07, 6.45) is 5.18. The highest BCUT2D eigenvalue weighted by Gasteiger charge is 2.14. The van der Waals surface area contributed by atoms with Crippen molar-refractivity contribution >= 4 is 11.7 Å². The SMILES string of the molecule is CCCc1cc(NC(=O)c2ccccc2-n2ccnn2)n[nH]1. The van der Waals surface area contributed by atoms with Crippen molar-refractivity contribution in [2.45, 2.75) is 19.8 Å². The van der Waals surface area contributed by atoms with Crippen LogP contribution < -0.4 is 5.32 Å². The highest BCUT2D eigenvalue weighted by molar-refractivity contribution is 6.06. The summed E-state index contributed by atoms with van der Waals surface area (Å²) >= 11 is 0. The first-order valence-electron chi connectivity index (χ1n) is 7.09. The van der Waals surface area contributed by atoms with Gasteiger partial charge in [-0.2, -0.15) is 5.10 Å². The number of carbonyl (C=O) groups is 1. The lowest BCUT2D eigenvalue weighted by atomic mass is 10.1. The second-order valence-electron chi connectivity index (χ2n) is 4.85. The molecule has 0 bridgehead atoms. The third-order valence-corrected chi connectivity index (χ3v) is 3.21. The molecular formula is C15H16N6O. The van der Waals surface area contributed by atoms with Gasteiger partial charge < -0.3 is 5.32 Å². The van der Waals surface area contributed by atoms with Crippen molar-refractivity contribution in [3.05, 3.63) is 54.0 Å². The fourth-order valence-electron chi connectivity index (χ4n) is 2.21. The van der Waals surface area contributed by atoms with Crippen LogP contribution in [0.25, 0.3) is 5.69 Å². The Labute approximate surface area is 127 Å². The molecule has 2 N–H and O–H groups in total. The summed E-state index contributed by atoms with van der Waals surface area (Å²) in [5.41, 5.74) is 2.18. The minimum Gasteiger partial charge on any atom is -0.305 e. The van der Waals surface area contributed by atoms with Crippen LogP contribution in [0.15, 0.2) is 42.7 Å². The molecule has 0 aliphatic carbocycles. The molecule has 0 spiro atoms. The van der Waals surface area contributed by atoms with Gasteiger partial charge in [0.1, 0.15) is 0 Å². The monoisotopic (exact) mass is 296 g/mol. The van der Waals surface area contributed by atoms with Crippen LogP contribution >= 0.6 is 0 Å². The van der Waals surface area contributed by atoms with Gasteiger partial charge in [0.25, 0.3) is 5.91 Å². The number of para-hydroxylation sites is 1. The highest BCUT2D eigenvalue weighted by Crippen LogP contribution is 2.15. The van der Waals surface area contributed by atoms with Crippen molar-refractivity contribution in [2.24, 2.45) is 0 Å². The molecule has 0 aliphatic rings. The Morgan fingerprint density at radius 2 is 2.23 bits per heavy atom. The van der Waals surface area contributed by atoms with Crippen molar-refractivity contribution in [1.29, 1.82) is 0 Å². The molecule has 0 saturated heterocycles. The lowest BCUT2D eigenvalue weighted by Gasteiger charge is -2.08. The van der Waals surface area contributed by atoms with Crippen LogP contribution in [0.1, 0.15) is 29.4 Å². The number of hydrogen-bond acceptors (Lipinski definition) is 4. The Morgan fingerprint density at radius 1 is 1.36 bits per heavy atom. The molecule has 112 valence electrons. The van der Waals surface area contributed by atoms with Gasteiger partial charge in [0, 0.05) is 11.8 Å². The fraction of sp³-hybridized carbons (Fsp3) is 0.200. The molecule has 22 heavy (non-hydrogen) atoms. The quantitative estimate of drug-likeness (QED) is 0.755. The van der Waals surface area contributed by atoms with Crippen molar-refractivity contribution in [2.75, 3.05) is 5.32 Å². The Bertz CT molecular complexity index is 762. The minimum absolute atomic E-state index is 0.236. The van der Waals surface area contributed by atoms with Crippen LogP contribution in [0.5, 0.6) is 0 Å². The van der Waals surface area contributed by atoms with Gasteiger partial charge in [0.05, 0.1) is 23.6 Å². The van der Waals surface area contributed by atoms with Gasteiger partial charge >= 0.3 is 0 Å². The molecule has 0 fully saturated rings. The lowest BCUT2D eigenvalue weighted by molar-refractivity contribution is 0.102.